The lowest BCUT2D eigenvalue weighted by Crippen LogP contribution is -2.51. The lowest BCUT2D eigenvalue weighted by molar-refractivity contribution is -0.392. The van der Waals surface area contributed by atoms with Gasteiger partial charge in [-0.15, -0.1) is 18.3 Å². The fraction of sp³-hybridized carbons (Fsp3) is 0.667. The third kappa shape index (κ3) is 5.88. The van der Waals surface area contributed by atoms with Crippen molar-refractivity contribution in [3.63, 3.8) is 0 Å². The predicted molar refractivity (Wildman–Crippen MR) is 73.4 cm³/mol. The van der Waals surface area contributed by atoms with E-state index < -0.39 is 57.3 Å². The van der Waals surface area contributed by atoms with E-state index in [1.807, 2.05) is 0 Å². The Hall–Kier alpha value is -2.22. The Labute approximate surface area is 160 Å². The van der Waals surface area contributed by atoms with Crippen molar-refractivity contribution in [3.05, 3.63) is 0 Å². The number of hydrogen-bond acceptors (Lipinski definition) is 16. The van der Waals surface area contributed by atoms with Crippen LogP contribution in [0.1, 0.15) is 0 Å². The van der Waals surface area contributed by atoms with Gasteiger partial charge in [-0.1, -0.05) is 0 Å². The van der Waals surface area contributed by atoms with E-state index in [-0.39, 0.29) is 26.4 Å². The summed E-state index contributed by atoms with van der Waals surface area (Å²) in [5.74, 6) is -4.15. The topological polar surface area (TPSA) is 192 Å². The van der Waals surface area contributed by atoms with Crippen molar-refractivity contribution in [1.82, 2.24) is 0 Å². The predicted octanol–water partition coefficient (Wildman–Crippen LogP) is -3.08. The van der Waals surface area contributed by atoms with Gasteiger partial charge < -0.3 is 18.9 Å². The summed E-state index contributed by atoms with van der Waals surface area (Å²) in [7, 11) is -5.11. The van der Waals surface area contributed by atoms with Crippen LogP contribution in [0.4, 0.5) is 0 Å². The fourth-order valence-corrected chi connectivity index (χ4v) is 2.31. The van der Waals surface area contributed by atoms with E-state index in [9.17, 15) is 19.2 Å². The van der Waals surface area contributed by atoms with Crippen LogP contribution < -0.4 is 0 Å². The summed E-state index contributed by atoms with van der Waals surface area (Å²) in [6.45, 7) is 0.259. The summed E-state index contributed by atoms with van der Waals surface area (Å²) in [5.41, 5.74) is 0. The van der Waals surface area contributed by atoms with Gasteiger partial charge in [-0.05, 0) is 0 Å². The van der Waals surface area contributed by atoms with Crippen molar-refractivity contribution in [3.8, 4) is 0 Å². The smallest absolute Gasteiger partial charge is 0.361 e. The van der Waals surface area contributed by atoms with E-state index in [4.69, 9.17) is 0 Å². The number of rotatable bonds is 12. The van der Waals surface area contributed by atoms with Gasteiger partial charge in [-0.2, -0.15) is 0 Å². The molecule has 4 unspecified atom stereocenters. The Morgan fingerprint density at radius 2 is 0.724 bits per heavy atom. The molecule has 4 rings (SSSR count). The zero-order valence-corrected chi connectivity index (χ0v) is 15.2. The lowest BCUT2D eigenvalue weighted by atomic mass is 10.5. The molecule has 0 bridgehead atoms. The molecule has 0 radical (unpaired) electrons. The molecule has 4 atom stereocenters. The third-order valence-corrected chi connectivity index (χ3v) is 4.44. The van der Waals surface area contributed by atoms with Crippen LogP contribution in [-0.4, -0.2) is 83.8 Å². The number of hydrogen-bond donors (Lipinski definition) is 0. The molecule has 4 saturated heterocycles. The molecule has 0 aliphatic carbocycles. The van der Waals surface area contributed by atoms with E-state index in [0.29, 0.717) is 0 Å². The molecule has 0 amide bonds. The molecule has 0 N–H and O–H groups in total. The van der Waals surface area contributed by atoms with Gasteiger partial charge in [0.25, 0.3) is 0 Å². The average Bonchev–Trinajstić information content (AvgIpc) is 3.57. The third-order valence-electron chi connectivity index (χ3n) is 3.29. The number of epoxide rings is 4. The molecule has 0 aromatic rings. The maximum atomic E-state index is 11.6. The normalized spacial score (nSPS) is 30.3. The van der Waals surface area contributed by atoms with Gasteiger partial charge in [-0.25, -0.2) is 19.2 Å². The van der Waals surface area contributed by atoms with E-state index in [1.165, 1.54) is 0 Å². The van der Waals surface area contributed by atoms with Crippen molar-refractivity contribution < 1.29 is 76.0 Å². The highest BCUT2D eigenvalue weighted by atomic mass is 28.4. The second-order valence-corrected chi connectivity index (χ2v) is 7.40. The van der Waals surface area contributed by atoms with Crippen LogP contribution in [0.15, 0.2) is 0 Å². The first kappa shape index (κ1) is 20.1. The summed E-state index contributed by atoms with van der Waals surface area (Å²) in [4.78, 5) is 64.1. The molecular weight excluding hydrogens is 428 g/mol. The van der Waals surface area contributed by atoms with Crippen LogP contribution in [0.25, 0.3) is 0 Å². The molecule has 0 saturated carbocycles. The van der Waals surface area contributed by atoms with Gasteiger partial charge >= 0.3 is 32.9 Å². The summed E-state index contributed by atoms with van der Waals surface area (Å²) >= 11 is 0. The number of carbonyl (C=O) groups is 4. The van der Waals surface area contributed by atoms with E-state index in [0.717, 1.165) is 0 Å². The van der Waals surface area contributed by atoms with E-state index >= 15 is 0 Å². The van der Waals surface area contributed by atoms with Crippen molar-refractivity contribution in [1.29, 1.82) is 0 Å². The van der Waals surface area contributed by atoms with Crippen molar-refractivity contribution in [2.24, 2.45) is 0 Å². The highest BCUT2D eigenvalue weighted by molar-refractivity contribution is 6.52. The molecule has 17 heteroatoms. The summed E-state index contributed by atoms with van der Waals surface area (Å²) in [6.07, 6.45) is -3.69. The highest BCUT2D eigenvalue weighted by Gasteiger charge is 2.61. The van der Waals surface area contributed by atoms with E-state index in [2.05, 4.69) is 56.8 Å². The molecule has 29 heavy (non-hydrogen) atoms. The average molecular weight is 440 g/mol. The van der Waals surface area contributed by atoms with Gasteiger partial charge in [0.2, 0.25) is 0 Å². The Kier molecular flexibility index (Phi) is 5.71. The summed E-state index contributed by atoms with van der Waals surface area (Å²) < 4.78 is 37.3. The van der Waals surface area contributed by atoms with Crippen molar-refractivity contribution in [2.75, 3.05) is 26.4 Å². The van der Waals surface area contributed by atoms with Crippen LogP contribution in [0, 0.1) is 0 Å². The van der Waals surface area contributed by atoms with Gasteiger partial charge in [0, 0.05) is 0 Å². The van der Waals surface area contributed by atoms with Crippen LogP contribution >= 0.6 is 0 Å². The van der Waals surface area contributed by atoms with Crippen LogP contribution in [0.5, 0.6) is 0 Å². The Bertz CT molecular complexity index is 562. The molecule has 4 aliphatic rings. The maximum absolute atomic E-state index is 11.6. The van der Waals surface area contributed by atoms with Gasteiger partial charge in [-0.3, -0.25) is 19.6 Å². The zero-order chi connectivity index (χ0) is 20.4. The zero-order valence-electron chi connectivity index (χ0n) is 14.2. The first-order valence-electron chi connectivity index (χ1n) is 8.00. The summed E-state index contributed by atoms with van der Waals surface area (Å²) in [5, 5.41) is 0. The lowest BCUT2D eigenvalue weighted by Gasteiger charge is -2.20. The fourth-order valence-electron chi connectivity index (χ4n) is 1.40. The first-order chi connectivity index (χ1) is 14.0. The van der Waals surface area contributed by atoms with Gasteiger partial charge in [0.05, 0.1) is 26.4 Å². The number of ether oxygens (including phenoxy) is 4. The molecule has 16 nitrogen and oxygen atoms in total. The first-order valence-corrected chi connectivity index (χ1v) is 9.63. The van der Waals surface area contributed by atoms with Crippen molar-refractivity contribution >= 4 is 32.9 Å². The summed E-state index contributed by atoms with van der Waals surface area (Å²) in [6, 6.07) is 0. The van der Waals surface area contributed by atoms with Crippen LogP contribution in [-0.2, 0) is 76.0 Å². The minimum Gasteiger partial charge on any atom is -0.361 e. The van der Waals surface area contributed by atoms with Crippen molar-refractivity contribution in [2.45, 2.75) is 24.4 Å². The standard InChI is InChI=1S/C12H12O16Si/c13-9(5-1-17-5)21-25-29(26-22-10(14)6-2-18-6,27-23-11(15)7-3-19-7)28-24-12(16)8-4-20-8/h5-8H,1-4H2. The second kappa shape index (κ2) is 8.26. The Morgan fingerprint density at radius 1 is 0.517 bits per heavy atom. The molecule has 4 fully saturated rings. The monoisotopic (exact) mass is 440 g/mol. The molecule has 4 aliphatic heterocycles. The maximum Gasteiger partial charge on any atom is 0.830 e. The Morgan fingerprint density at radius 3 is 0.897 bits per heavy atom. The minimum atomic E-state index is -5.11. The highest BCUT2D eigenvalue weighted by Crippen LogP contribution is 2.22. The molecule has 0 aromatic carbocycles. The number of carbonyl (C=O) groups excluding carboxylic acids is 4. The molecule has 160 valence electrons. The largest absolute Gasteiger partial charge is 0.830 e. The molecular formula is C12H12O16Si. The van der Waals surface area contributed by atoms with Crippen LogP contribution in [0.2, 0.25) is 0 Å². The quantitative estimate of drug-likeness (QED) is 0.128. The molecule has 0 spiro atoms. The van der Waals surface area contributed by atoms with Gasteiger partial charge in [0.1, 0.15) is 0 Å². The SMILES string of the molecule is O=C(OO[Si](OOC(=O)C1CO1)(OOC(=O)C1CO1)OOC(=O)C1CO1)C1CO1. The Balaban J connectivity index is 1.41. The van der Waals surface area contributed by atoms with Gasteiger partial charge in [0.15, 0.2) is 24.4 Å². The van der Waals surface area contributed by atoms with Crippen LogP contribution in [0.3, 0.4) is 0 Å². The second-order valence-electron chi connectivity index (χ2n) is 5.73. The molecule has 0 aromatic heterocycles. The molecule has 4 heterocycles. The minimum absolute atomic E-state index is 0.0648. The van der Waals surface area contributed by atoms with E-state index in [1.54, 1.807) is 0 Å².